The van der Waals surface area contributed by atoms with Crippen LogP contribution in [0.1, 0.15) is 76.3 Å². The van der Waals surface area contributed by atoms with Crippen molar-refractivity contribution in [2.75, 3.05) is 51.2 Å². The number of anilines is 1. The lowest BCUT2D eigenvalue weighted by atomic mass is 9.75. The Balaban J connectivity index is 1.85. The van der Waals surface area contributed by atoms with Crippen molar-refractivity contribution in [1.82, 2.24) is 0 Å². The summed E-state index contributed by atoms with van der Waals surface area (Å²) < 4.78 is 118. The molecule has 2 N–H and O–H groups in total. The number of ether oxygens (including phenoxy) is 2. The molecule has 0 spiro atoms. The van der Waals surface area contributed by atoms with Gasteiger partial charge in [-0.1, -0.05) is 12.5 Å². The highest BCUT2D eigenvalue weighted by molar-refractivity contribution is 7.86. The van der Waals surface area contributed by atoms with Crippen molar-refractivity contribution in [2.24, 2.45) is 0 Å². The van der Waals surface area contributed by atoms with E-state index in [1.165, 1.54) is 31.4 Å². The maximum absolute atomic E-state index is 12.2. The summed E-state index contributed by atoms with van der Waals surface area (Å²) in [5, 5.41) is 9.13. The first-order valence-electron chi connectivity index (χ1n) is 18.0. The first-order chi connectivity index (χ1) is 25.7. The maximum Gasteiger partial charge on any atom is 0.303 e. The number of benzene rings is 2. The van der Waals surface area contributed by atoms with Crippen LogP contribution in [0, 0.1) is 0 Å². The van der Waals surface area contributed by atoms with E-state index in [1.54, 1.807) is 19.2 Å². The maximum atomic E-state index is 12.2. The van der Waals surface area contributed by atoms with Crippen molar-refractivity contribution in [2.45, 2.75) is 91.9 Å². The minimum absolute atomic E-state index is 0.0365. The van der Waals surface area contributed by atoms with E-state index in [0.717, 1.165) is 10.6 Å². The molecule has 18 heteroatoms. The Morgan fingerprint density at radius 3 is 2.09 bits per heavy atom. The van der Waals surface area contributed by atoms with E-state index in [-0.39, 0.29) is 30.4 Å². The molecule has 4 unspecified atom stereocenters. The minimum Gasteiger partial charge on any atom is -0.748 e. The van der Waals surface area contributed by atoms with E-state index >= 15 is 0 Å². The molecule has 55 heavy (non-hydrogen) atoms. The van der Waals surface area contributed by atoms with Crippen LogP contribution in [-0.4, -0.2) is 102 Å². The number of quaternary nitrogens is 1. The molecule has 2 aromatic carbocycles. The summed E-state index contributed by atoms with van der Waals surface area (Å²) in [6, 6.07) is 8.24. The number of hydrogen-bond donors (Lipinski definition) is 2. The molecule has 0 aliphatic carbocycles. The Morgan fingerprint density at radius 2 is 1.49 bits per heavy atom. The Hall–Kier alpha value is -3.20. The average molecular weight is 827 g/mol. The van der Waals surface area contributed by atoms with Crippen LogP contribution >= 0.6 is 0 Å². The van der Waals surface area contributed by atoms with Crippen LogP contribution < -0.4 is 9.80 Å². The van der Waals surface area contributed by atoms with Gasteiger partial charge in [-0.3, -0.25) is 9.69 Å². The third-order valence-electron chi connectivity index (χ3n) is 10.9. The van der Waals surface area contributed by atoms with Gasteiger partial charge >= 0.3 is 5.97 Å². The zero-order valence-electron chi connectivity index (χ0n) is 31.5. The van der Waals surface area contributed by atoms with Crippen LogP contribution in [0.3, 0.4) is 0 Å². The van der Waals surface area contributed by atoms with Crippen LogP contribution in [-0.2, 0) is 55.5 Å². The van der Waals surface area contributed by atoms with E-state index in [1.807, 2.05) is 37.0 Å². The number of aliphatic carboxylic acids is 1. The molecule has 4 rings (SSSR count). The van der Waals surface area contributed by atoms with E-state index in [4.69, 9.17) is 14.6 Å². The number of carbonyl (C=O) groups is 1. The van der Waals surface area contributed by atoms with Crippen molar-refractivity contribution in [3.63, 3.8) is 0 Å². The number of hydrogen-bond acceptors (Lipinski definition) is 13. The molecule has 0 amide bonds. The third-order valence-corrected chi connectivity index (χ3v) is 13.3. The normalized spacial score (nSPS) is 23.5. The molecule has 0 radical (unpaired) electrons. The van der Waals surface area contributed by atoms with Crippen molar-refractivity contribution in [3.05, 3.63) is 71.5 Å². The first-order valence-corrected chi connectivity index (χ1v) is 22.4. The summed E-state index contributed by atoms with van der Waals surface area (Å²) in [6.45, 7) is 5.38. The van der Waals surface area contributed by atoms with E-state index < -0.39 is 57.8 Å². The van der Waals surface area contributed by atoms with Gasteiger partial charge in [0.15, 0.2) is 0 Å². The lowest BCUT2D eigenvalue weighted by Crippen LogP contribution is -3.10. The van der Waals surface area contributed by atoms with Crippen LogP contribution in [0.2, 0.25) is 0 Å². The number of nitrogens with zero attached hydrogens (tertiary/aromatic N) is 1. The Kier molecular flexibility index (Phi) is 14.5. The fraction of sp³-hybridized carbons (Fsp3) is 0.541. The van der Waals surface area contributed by atoms with Crippen LogP contribution in [0.5, 0.6) is 0 Å². The standard InChI is InChI=1S/C37H52N2O13S3/c1-36(18-7-9-24-53(42,43)44)29-25-27(54(45,46)47)15-17-32(29)39(21-23-52-4)33(36)11-10-12-34-37(2,19-22-51-3)30-26-28(55(48,49)50)14-16-31(30)38(34)20-8-5-6-13-35(40)41/h10-12,14-17,25-26,34H,5-9,13,18-24H2,1-4H3,(H,40,41)(H,42,43,44)(H,45,46,47)(H,48,49,50)/p-2/b12-10+,33-11+. The molecule has 2 heterocycles. The number of methoxy groups -OCH3 is 2. The van der Waals surface area contributed by atoms with Crippen molar-refractivity contribution >= 4 is 47.7 Å². The number of carboxylic acids is 1. The predicted molar refractivity (Wildman–Crippen MR) is 200 cm³/mol. The quantitative estimate of drug-likeness (QED) is 0.136. The zero-order valence-corrected chi connectivity index (χ0v) is 33.9. The highest BCUT2D eigenvalue weighted by Crippen LogP contribution is 2.51. The lowest BCUT2D eigenvalue weighted by molar-refractivity contribution is -0.851. The summed E-state index contributed by atoms with van der Waals surface area (Å²) in [6.07, 6.45) is 8.71. The molecule has 306 valence electrons. The number of rotatable bonds is 21. The topological polar surface area (TPSA) is 235 Å². The number of unbranched alkanes of at least 4 members (excludes halogenated alkanes) is 3. The summed E-state index contributed by atoms with van der Waals surface area (Å²) in [5.41, 5.74) is 1.73. The number of fused-ring (bicyclic) bond motifs is 2. The fourth-order valence-electron chi connectivity index (χ4n) is 8.03. The second-order valence-electron chi connectivity index (χ2n) is 14.5. The fourth-order valence-corrected chi connectivity index (χ4v) is 9.58. The molecule has 0 saturated heterocycles. The van der Waals surface area contributed by atoms with Gasteiger partial charge in [-0.15, -0.1) is 0 Å². The molecular formula is C37H50N2O13S3-2. The van der Waals surface area contributed by atoms with Gasteiger partial charge in [0.05, 0.1) is 38.5 Å². The summed E-state index contributed by atoms with van der Waals surface area (Å²) in [7, 11) is -11.0. The van der Waals surface area contributed by atoms with Gasteiger partial charge in [0.1, 0.15) is 32.0 Å². The Morgan fingerprint density at radius 1 is 0.855 bits per heavy atom. The summed E-state index contributed by atoms with van der Waals surface area (Å²) >= 11 is 0. The number of nitrogens with one attached hydrogen (secondary N) is 1. The zero-order chi connectivity index (χ0) is 40.8. The van der Waals surface area contributed by atoms with Crippen molar-refractivity contribution in [1.29, 1.82) is 0 Å². The molecule has 0 aromatic heterocycles. The molecule has 0 fully saturated rings. The van der Waals surface area contributed by atoms with Gasteiger partial charge in [0.2, 0.25) is 0 Å². The minimum atomic E-state index is -4.83. The molecule has 2 aliphatic rings. The summed E-state index contributed by atoms with van der Waals surface area (Å²) in [4.78, 5) is 13.3. The van der Waals surface area contributed by atoms with Gasteiger partial charge in [-0.25, -0.2) is 25.3 Å². The SMILES string of the molecule is COCCN1/C(=C/C=C/C2[NH+](CCCCCC(=O)O)c3ccc(S(=O)(=O)[O-])cc3C2(C)CCOC)C(C)(CCCCS(=O)(=O)[O-])c2cc(S(=O)(=O)[O-])ccc21. The second-order valence-corrected chi connectivity index (χ2v) is 18.8. The molecule has 4 atom stereocenters. The van der Waals surface area contributed by atoms with Crippen LogP contribution in [0.25, 0.3) is 0 Å². The Bertz CT molecular complexity index is 2100. The van der Waals surface area contributed by atoms with Gasteiger partial charge in [0.25, 0.3) is 0 Å². The van der Waals surface area contributed by atoms with E-state index in [0.29, 0.717) is 80.7 Å². The largest absolute Gasteiger partial charge is 0.748 e. The highest BCUT2D eigenvalue weighted by Gasteiger charge is 2.51. The second kappa shape index (κ2) is 17.9. The Labute approximate surface area is 324 Å². The van der Waals surface area contributed by atoms with Gasteiger partial charge in [0, 0.05) is 68.0 Å². The summed E-state index contributed by atoms with van der Waals surface area (Å²) in [5.74, 6) is -1.45. The predicted octanol–water partition coefficient (Wildman–Crippen LogP) is 2.91. The molecule has 0 bridgehead atoms. The molecule has 0 saturated carbocycles. The third kappa shape index (κ3) is 10.6. The van der Waals surface area contributed by atoms with Gasteiger partial charge < -0.3 is 33.1 Å². The van der Waals surface area contributed by atoms with Crippen LogP contribution in [0.4, 0.5) is 11.4 Å². The van der Waals surface area contributed by atoms with Crippen molar-refractivity contribution in [3.8, 4) is 0 Å². The van der Waals surface area contributed by atoms with Crippen molar-refractivity contribution < 1.29 is 63.2 Å². The van der Waals surface area contributed by atoms with E-state index in [2.05, 4.69) is 0 Å². The number of carboxylic acid groups (broad SMARTS) is 1. The van der Waals surface area contributed by atoms with Gasteiger partial charge in [-0.05, 0) is 100 Å². The van der Waals surface area contributed by atoms with Crippen LogP contribution in [0.15, 0.2) is 70.1 Å². The molecule has 15 nitrogen and oxygen atoms in total. The molecule has 2 aromatic rings. The first kappa shape index (κ1) is 44.5. The molecule has 2 aliphatic heterocycles. The monoisotopic (exact) mass is 826 g/mol. The number of allylic oxidation sites excluding steroid dienone is 3. The highest BCUT2D eigenvalue weighted by atomic mass is 32.2. The molecular weight excluding hydrogens is 777 g/mol. The van der Waals surface area contributed by atoms with Gasteiger partial charge in [-0.2, -0.15) is 0 Å². The lowest BCUT2D eigenvalue weighted by Gasteiger charge is -2.32. The average Bonchev–Trinajstić information content (AvgIpc) is 3.47. The smallest absolute Gasteiger partial charge is 0.303 e. The van der Waals surface area contributed by atoms with E-state index in [9.17, 15) is 43.7 Å².